The van der Waals surface area contributed by atoms with E-state index in [1.165, 1.54) is 0 Å². The molecule has 0 aliphatic heterocycles. The molecule has 112 valence electrons. The van der Waals surface area contributed by atoms with Crippen LogP contribution in [-0.2, 0) is 11.8 Å². The Morgan fingerprint density at radius 2 is 2.18 bits per heavy atom. The summed E-state index contributed by atoms with van der Waals surface area (Å²) in [5.41, 5.74) is 3.06. The Kier molecular flexibility index (Phi) is 3.74. The molecule has 3 aromatic rings. The van der Waals surface area contributed by atoms with Crippen molar-refractivity contribution in [1.29, 1.82) is 0 Å². The topological polar surface area (TPSA) is 81.2 Å². The minimum atomic E-state index is -0.854. The Balaban J connectivity index is 1.99. The van der Waals surface area contributed by atoms with Crippen LogP contribution in [0, 0.1) is 0 Å². The van der Waals surface area contributed by atoms with Crippen LogP contribution in [0.25, 0.3) is 22.7 Å². The number of hydrogen-bond donors (Lipinski definition) is 1. The summed E-state index contributed by atoms with van der Waals surface area (Å²) >= 11 is 0. The van der Waals surface area contributed by atoms with E-state index in [2.05, 4.69) is 10.1 Å². The number of carbonyl (C=O) groups is 1. The molecule has 6 nitrogen and oxygen atoms in total. The highest BCUT2D eigenvalue weighted by Gasteiger charge is 2.13. The van der Waals surface area contributed by atoms with E-state index in [1.807, 2.05) is 43.6 Å². The van der Waals surface area contributed by atoms with Crippen LogP contribution in [0.2, 0.25) is 0 Å². The van der Waals surface area contributed by atoms with Gasteiger partial charge in [0.05, 0.1) is 6.20 Å². The number of fused-ring (bicyclic) bond motifs is 1. The summed E-state index contributed by atoms with van der Waals surface area (Å²) in [6.45, 7) is 0. The lowest BCUT2D eigenvalue weighted by atomic mass is 10.1. The van der Waals surface area contributed by atoms with Gasteiger partial charge in [-0.1, -0.05) is 12.1 Å². The van der Waals surface area contributed by atoms with Crippen molar-refractivity contribution in [3.05, 3.63) is 48.1 Å². The number of hydrogen-bond acceptors (Lipinski definition) is 4. The van der Waals surface area contributed by atoms with E-state index in [-0.39, 0.29) is 6.42 Å². The summed E-state index contributed by atoms with van der Waals surface area (Å²) < 4.78 is 7.43. The van der Waals surface area contributed by atoms with Gasteiger partial charge in [-0.25, -0.2) is 4.98 Å². The van der Waals surface area contributed by atoms with Crippen LogP contribution in [-0.4, -0.2) is 25.8 Å². The van der Waals surface area contributed by atoms with Gasteiger partial charge in [0, 0.05) is 30.8 Å². The fourth-order valence-electron chi connectivity index (χ4n) is 2.21. The first-order valence-electron chi connectivity index (χ1n) is 6.89. The molecule has 2 heterocycles. The monoisotopic (exact) mass is 297 g/mol. The average Bonchev–Trinajstić information content (AvgIpc) is 3.09. The summed E-state index contributed by atoms with van der Waals surface area (Å²) in [7, 11) is 1.83. The first kappa shape index (κ1) is 14.1. The number of rotatable bonds is 5. The lowest BCUT2D eigenvalue weighted by molar-refractivity contribution is -0.136. The smallest absolute Gasteiger partial charge is 0.303 e. The molecule has 2 aromatic heterocycles. The molecule has 0 spiro atoms. The third kappa shape index (κ3) is 3.06. The summed E-state index contributed by atoms with van der Waals surface area (Å²) in [6, 6.07) is 7.46. The first-order chi connectivity index (χ1) is 10.6. The molecule has 0 atom stereocenters. The van der Waals surface area contributed by atoms with E-state index in [1.54, 1.807) is 10.9 Å². The van der Waals surface area contributed by atoms with Crippen molar-refractivity contribution in [2.45, 2.75) is 12.8 Å². The maximum Gasteiger partial charge on any atom is 0.303 e. The Morgan fingerprint density at radius 3 is 2.86 bits per heavy atom. The van der Waals surface area contributed by atoms with Gasteiger partial charge in [0.25, 0.3) is 0 Å². The maximum absolute atomic E-state index is 10.9. The van der Waals surface area contributed by atoms with Gasteiger partial charge in [0.15, 0.2) is 5.58 Å². The van der Waals surface area contributed by atoms with Crippen LogP contribution in [0.5, 0.6) is 0 Å². The van der Waals surface area contributed by atoms with Gasteiger partial charge in [-0.15, -0.1) is 0 Å². The van der Waals surface area contributed by atoms with Gasteiger partial charge < -0.3 is 9.52 Å². The number of carboxylic acid groups (broad SMARTS) is 1. The lowest BCUT2D eigenvalue weighted by Crippen LogP contribution is -1.96. The Labute approximate surface area is 126 Å². The third-order valence-corrected chi connectivity index (χ3v) is 3.24. The maximum atomic E-state index is 10.9. The van der Waals surface area contributed by atoms with Crippen LogP contribution < -0.4 is 0 Å². The van der Waals surface area contributed by atoms with Crippen molar-refractivity contribution < 1.29 is 14.3 Å². The van der Waals surface area contributed by atoms with Crippen molar-refractivity contribution in [3.8, 4) is 0 Å². The second-order valence-electron chi connectivity index (χ2n) is 5.00. The standard InChI is InChI=1S/C16H15N3O3/c1-19-10-11(9-17-19)8-12(6-7-15(20)21)16-18-13-4-2-3-5-14(13)22-16/h2-5,8-10H,6-7H2,1H3,(H,20,21)/b12-8-. The van der Waals surface area contributed by atoms with Crippen LogP contribution in [0.4, 0.5) is 0 Å². The molecule has 3 rings (SSSR count). The van der Waals surface area contributed by atoms with E-state index in [0.29, 0.717) is 17.9 Å². The van der Waals surface area contributed by atoms with Crippen LogP contribution in [0.15, 0.2) is 41.1 Å². The van der Waals surface area contributed by atoms with Gasteiger partial charge >= 0.3 is 5.97 Å². The molecule has 0 aliphatic carbocycles. The van der Waals surface area contributed by atoms with Crippen molar-refractivity contribution in [1.82, 2.24) is 14.8 Å². The largest absolute Gasteiger partial charge is 0.481 e. The molecule has 0 bridgehead atoms. The quantitative estimate of drug-likeness (QED) is 0.783. The number of benzene rings is 1. The van der Waals surface area contributed by atoms with Crippen molar-refractivity contribution in [2.24, 2.45) is 7.05 Å². The molecule has 0 fully saturated rings. The number of allylic oxidation sites excluding steroid dienone is 1. The average molecular weight is 297 g/mol. The van der Waals surface area contributed by atoms with Gasteiger partial charge in [0.2, 0.25) is 5.89 Å². The highest BCUT2D eigenvalue weighted by Crippen LogP contribution is 2.26. The first-order valence-corrected chi connectivity index (χ1v) is 6.89. The molecule has 1 N–H and O–H groups in total. The molecule has 22 heavy (non-hydrogen) atoms. The zero-order chi connectivity index (χ0) is 15.5. The van der Waals surface area contributed by atoms with Gasteiger partial charge in [-0.3, -0.25) is 9.48 Å². The fourth-order valence-corrected chi connectivity index (χ4v) is 2.21. The van der Waals surface area contributed by atoms with Crippen LogP contribution in [0.1, 0.15) is 24.3 Å². The highest BCUT2D eigenvalue weighted by atomic mass is 16.4. The second kappa shape index (κ2) is 5.85. The predicted octanol–water partition coefficient (Wildman–Crippen LogP) is 2.97. The zero-order valence-electron chi connectivity index (χ0n) is 12.1. The minimum Gasteiger partial charge on any atom is -0.481 e. The predicted molar refractivity (Wildman–Crippen MR) is 82.0 cm³/mol. The highest BCUT2D eigenvalue weighted by molar-refractivity contribution is 5.83. The molecule has 0 saturated heterocycles. The lowest BCUT2D eigenvalue weighted by Gasteiger charge is -2.00. The molecule has 0 amide bonds. The number of oxazole rings is 1. The van der Waals surface area contributed by atoms with E-state index in [0.717, 1.165) is 16.7 Å². The van der Waals surface area contributed by atoms with Gasteiger partial charge in [-0.2, -0.15) is 5.10 Å². The summed E-state index contributed by atoms with van der Waals surface area (Å²) in [5.74, 6) is -0.403. The normalized spacial score (nSPS) is 12.0. The number of nitrogens with zero attached hydrogens (tertiary/aromatic N) is 3. The third-order valence-electron chi connectivity index (χ3n) is 3.24. The number of aromatic nitrogens is 3. The Hall–Kier alpha value is -2.89. The summed E-state index contributed by atoms with van der Waals surface area (Å²) in [6.07, 6.45) is 5.79. The Morgan fingerprint density at radius 1 is 1.36 bits per heavy atom. The number of carboxylic acids is 1. The molecule has 6 heteroatoms. The van der Waals surface area contributed by atoms with Crippen molar-refractivity contribution >= 4 is 28.7 Å². The molecule has 0 aliphatic rings. The van der Waals surface area contributed by atoms with Crippen LogP contribution in [0.3, 0.4) is 0 Å². The second-order valence-corrected chi connectivity index (χ2v) is 5.00. The van der Waals surface area contributed by atoms with Crippen LogP contribution >= 0.6 is 0 Å². The fraction of sp³-hybridized carbons (Fsp3) is 0.188. The van der Waals surface area contributed by atoms with Crippen molar-refractivity contribution in [2.75, 3.05) is 0 Å². The Bertz CT molecular complexity index is 812. The number of aliphatic carboxylic acids is 1. The molecule has 0 radical (unpaired) electrons. The molecular formula is C16H15N3O3. The zero-order valence-corrected chi connectivity index (χ0v) is 12.1. The SMILES string of the molecule is Cn1cc(/C=C(/CCC(=O)O)c2nc3ccccc3o2)cn1. The van der Waals surface area contributed by atoms with E-state index in [4.69, 9.17) is 9.52 Å². The number of para-hydroxylation sites is 2. The molecule has 1 aromatic carbocycles. The molecular weight excluding hydrogens is 282 g/mol. The van der Waals surface area contributed by atoms with E-state index < -0.39 is 5.97 Å². The molecule has 0 saturated carbocycles. The van der Waals surface area contributed by atoms with Gasteiger partial charge in [-0.05, 0) is 24.6 Å². The number of aryl methyl sites for hydroxylation is 1. The molecule has 0 unspecified atom stereocenters. The summed E-state index contributed by atoms with van der Waals surface area (Å²) in [4.78, 5) is 15.3. The van der Waals surface area contributed by atoms with Gasteiger partial charge in [0.1, 0.15) is 5.52 Å². The van der Waals surface area contributed by atoms with E-state index in [9.17, 15) is 4.79 Å². The summed E-state index contributed by atoms with van der Waals surface area (Å²) in [5, 5.41) is 13.0. The van der Waals surface area contributed by atoms with E-state index >= 15 is 0 Å². The minimum absolute atomic E-state index is 0.0187. The van der Waals surface area contributed by atoms with Crippen molar-refractivity contribution in [3.63, 3.8) is 0 Å².